The third-order valence-electron chi connectivity index (χ3n) is 3.77. The Morgan fingerprint density at radius 2 is 2.32 bits per heavy atom. The maximum Gasteiger partial charge on any atom is 0.189 e. The Kier molecular flexibility index (Phi) is 4.24. The SMILES string of the molecule is Cn1cc(Cl)cc1CN=C(N)NC1CCOc2ccccc21. The number of aliphatic imine (C=N–C) groups is 1. The summed E-state index contributed by atoms with van der Waals surface area (Å²) < 4.78 is 7.59. The van der Waals surface area contributed by atoms with Crippen LogP contribution in [0.25, 0.3) is 0 Å². The minimum atomic E-state index is 0.130. The molecule has 1 atom stereocenters. The second-order valence-electron chi connectivity index (χ2n) is 5.33. The molecule has 1 aliphatic rings. The van der Waals surface area contributed by atoms with Gasteiger partial charge >= 0.3 is 0 Å². The van der Waals surface area contributed by atoms with Crippen molar-refractivity contribution in [3.8, 4) is 5.75 Å². The fourth-order valence-electron chi connectivity index (χ4n) is 2.61. The molecule has 2 aromatic rings. The monoisotopic (exact) mass is 318 g/mol. The second-order valence-corrected chi connectivity index (χ2v) is 5.77. The zero-order chi connectivity index (χ0) is 15.5. The summed E-state index contributed by atoms with van der Waals surface area (Å²) in [5, 5.41) is 3.98. The Hall–Kier alpha value is -2.14. The Morgan fingerprint density at radius 3 is 3.09 bits per heavy atom. The average molecular weight is 319 g/mol. The van der Waals surface area contributed by atoms with E-state index in [-0.39, 0.29) is 6.04 Å². The summed E-state index contributed by atoms with van der Waals surface area (Å²) in [6.45, 7) is 1.17. The summed E-state index contributed by atoms with van der Waals surface area (Å²) >= 11 is 5.96. The second kappa shape index (κ2) is 6.32. The largest absolute Gasteiger partial charge is 0.493 e. The molecule has 22 heavy (non-hydrogen) atoms. The number of rotatable bonds is 3. The highest BCUT2D eigenvalue weighted by atomic mass is 35.5. The van der Waals surface area contributed by atoms with Crippen molar-refractivity contribution >= 4 is 17.6 Å². The van der Waals surface area contributed by atoms with E-state index in [1.54, 1.807) is 0 Å². The molecule has 1 unspecified atom stereocenters. The lowest BCUT2D eigenvalue weighted by Gasteiger charge is -2.26. The molecule has 1 aromatic heterocycles. The Morgan fingerprint density at radius 1 is 1.50 bits per heavy atom. The first-order valence-corrected chi connectivity index (χ1v) is 7.60. The van der Waals surface area contributed by atoms with Crippen LogP contribution >= 0.6 is 11.6 Å². The van der Waals surface area contributed by atoms with Crippen LogP contribution in [0, 0.1) is 0 Å². The van der Waals surface area contributed by atoms with Crippen molar-refractivity contribution in [3.63, 3.8) is 0 Å². The van der Waals surface area contributed by atoms with E-state index in [9.17, 15) is 0 Å². The first-order chi connectivity index (χ1) is 10.6. The third-order valence-corrected chi connectivity index (χ3v) is 3.97. The standard InChI is InChI=1S/C16H19ClN4O/c1-21-10-11(17)8-12(21)9-19-16(18)20-14-6-7-22-15-5-3-2-4-13(14)15/h2-5,8,10,14H,6-7,9H2,1H3,(H3,18,19,20). The van der Waals surface area contributed by atoms with Crippen LogP contribution in [0.15, 0.2) is 41.5 Å². The van der Waals surface area contributed by atoms with Crippen LogP contribution in [-0.2, 0) is 13.6 Å². The van der Waals surface area contributed by atoms with Crippen LogP contribution in [0.2, 0.25) is 5.02 Å². The van der Waals surface area contributed by atoms with Crippen LogP contribution in [0.3, 0.4) is 0 Å². The molecule has 116 valence electrons. The lowest BCUT2D eigenvalue weighted by atomic mass is 10.0. The zero-order valence-electron chi connectivity index (χ0n) is 12.4. The number of fused-ring (bicyclic) bond motifs is 1. The van der Waals surface area contributed by atoms with Gasteiger partial charge in [0.1, 0.15) is 5.75 Å². The number of nitrogens with two attached hydrogens (primary N) is 1. The normalized spacial score (nSPS) is 17.7. The number of aromatic nitrogens is 1. The van der Waals surface area contributed by atoms with Crippen LogP contribution in [-0.4, -0.2) is 17.1 Å². The predicted molar refractivity (Wildman–Crippen MR) is 88.2 cm³/mol. The van der Waals surface area contributed by atoms with Crippen molar-refractivity contribution in [2.75, 3.05) is 6.61 Å². The lowest BCUT2D eigenvalue weighted by molar-refractivity contribution is 0.262. The molecule has 0 radical (unpaired) electrons. The summed E-state index contributed by atoms with van der Waals surface area (Å²) in [4.78, 5) is 4.40. The van der Waals surface area contributed by atoms with Gasteiger partial charge in [0.2, 0.25) is 0 Å². The van der Waals surface area contributed by atoms with Gasteiger partial charge in [-0.3, -0.25) is 0 Å². The number of halogens is 1. The van der Waals surface area contributed by atoms with Crippen molar-refractivity contribution in [1.82, 2.24) is 9.88 Å². The number of ether oxygens (including phenoxy) is 1. The highest BCUT2D eigenvalue weighted by Gasteiger charge is 2.21. The van der Waals surface area contributed by atoms with Crippen molar-refractivity contribution in [2.24, 2.45) is 17.8 Å². The van der Waals surface area contributed by atoms with Crippen molar-refractivity contribution in [2.45, 2.75) is 19.0 Å². The molecule has 3 rings (SSSR count). The van der Waals surface area contributed by atoms with E-state index in [1.165, 1.54) is 0 Å². The van der Waals surface area contributed by atoms with Crippen LogP contribution in [0.5, 0.6) is 5.75 Å². The number of hydrogen-bond acceptors (Lipinski definition) is 2. The smallest absolute Gasteiger partial charge is 0.189 e. The summed E-state index contributed by atoms with van der Waals surface area (Å²) in [6, 6.07) is 10.0. The number of aryl methyl sites for hydroxylation is 1. The number of hydrogen-bond donors (Lipinski definition) is 2. The first kappa shape index (κ1) is 14.8. The van der Waals surface area contributed by atoms with Crippen LogP contribution < -0.4 is 15.8 Å². The Bertz CT molecular complexity index is 695. The molecule has 6 heteroatoms. The highest BCUT2D eigenvalue weighted by Crippen LogP contribution is 2.31. The average Bonchev–Trinajstić information content (AvgIpc) is 2.83. The Labute approximate surface area is 134 Å². The molecule has 0 bridgehead atoms. The fraction of sp³-hybridized carbons (Fsp3) is 0.312. The van der Waals surface area contributed by atoms with Gasteiger partial charge in [0.15, 0.2) is 5.96 Å². The molecular weight excluding hydrogens is 300 g/mol. The highest BCUT2D eigenvalue weighted by molar-refractivity contribution is 6.30. The number of nitrogens with zero attached hydrogens (tertiary/aromatic N) is 2. The summed E-state index contributed by atoms with van der Waals surface area (Å²) in [6.07, 6.45) is 2.72. The van der Waals surface area contributed by atoms with Crippen molar-refractivity contribution < 1.29 is 4.74 Å². The van der Waals surface area contributed by atoms with Gasteiger partial charge in [0.25, 0.3) is 0 Å². The van der Waals surface area contributed by atoms with Gasteiger partial charge < -0.3 is 20.4 Å². The van der Waals surface area contributed by atoms with E-state index < -0.39 is 0 Å². The minimum Gasteiger partial charge on any atom is -0.493 e. The number of benzene rings is 1. The molecule has 3 N–H and O–H groups in total. The van der Waals surface area contributed by atoms with E-state index in [2.05, 4.69) is 16.4 Å². The van der Waals surface area contributed by atoms with E-state index in [0.717, 1.165) is 23.4 Å². The quantitative estimate of drug-likeness (QED) is 0.675. The van der Waals surface area contributed by atoms with Gasteiger partial charge in [0.05, 0.1) is 24.2 Å². The third kappa shape index (κ3) is 3.20. The van der Waals surface area contributed by atoms with Gasteiger partial charge in [-0.25, -0.2) is 4.99 Å². The Balaban J connectivity index is 1.68. The fourth-order valence-corrected chi connectivity index (χ4v) is 2.88. The van der Waals surface area contributed by atoms with Gasteiger partial charge in [-0.2, -0.15) is 0 Å². The van der Waals surface area contributed by atoms with Gasteiger partial charge in [0, 0.05) is 30.9 Å². The summed E-state index contributed by atoms with van der Waals surface area (Å²) in [7, 11) is 1.94. The topological polar surface area (TPSA) is 64.6 Å². The molecule has 0 amide bonds. The number of nitrogens with one attached hydrogen (secondary N) is 1. The van der Waals surface area contributed by atoms with E-state index in [1.807, 2.05) is 42.1 Å². The molecule has 0 fully saturated rings. The molecule has 1 aromatic carbocycles. The molecule has 0 saturated carbocycles. The molecule has 2 heterocycles. The minimum absolute atomic E-state index is 0.130. The molecular formula is C16H19ClN4O. The molecule has 1 aliphatic heterocycles. The van der Waals surface area contributed by atoms with E-state index in [4.69, 9.17) is 22.1 Å². The molecule has 0 saturated heterocycles. The number of guanidine groups is 1. The van der Waals surface area contributed by atoms with Gasteiger partial charge in [-0.05, 0) is 12.1 Å². The summed E-state index contributed by atoms with van der Waals surface area (Å²) in [5.74, 6) is 1.34. The first-order valence-electron chi connectivity index (χ1n) is 7.22. The zero-order valence-corrected chi connectivity index (χ0v) is 13.2. The van der Waals surface area contributed by atoms with Crippen molar-refractivity contribution in [1.29, 1.82) is 0 Å². The molecule has 5 nitrogen and oxygen atoms in total. The predicted octanol–water partition coefficient (Wildman–Crippen LogP) is 2.61. The van der Waals surface area contributed by atoms with Gasteiger partial charge in [-0.15, -0.1) is 0 Å². The molecule has 0 aliphatic carbocycles. The molecule has 0 spiro atoms. The lowest BCUT2D eigenvalue weighted by Crippen LogP contribution is -2.37. The number of para-hydroxylation sites is 1. The van der Waals surface area contributed by atoms with Crippen LogP contribution in [0.1, 0.15) is 23.7 Å². The maximum absolute atomic E-state index is 6.02. The maximum atomic E-state index is 6.02. The van der Waals surface area contributed by atoms with Gasteiger partial charge in [-0.1, -0.05) is 29.8 Å². The van der Waals surface area contributed by atoms with E-state index >= 15 is 0 Å². The van der Waals surface area contributed by atoms with Crippen molar-refractivity contribution in [3.05, 3.63) is 52.8 Å². The van der Waals surface area contributed by atoms with Crippen LogP contribution in [0.4, 0.5) is 0 Å². The van der Waals surface area contributed by atoms with E-state index in [0.29, 0.717) is 24.1 Å². The summed E-state index contributed by atoms with van der Waals surface area (Å²) in [5.41, 5.74) is 8.16.